The van der Waals surface area contributed by atoms with E-state index in [1.165, 1.54) is 11.9 Å². The number of aromatic amines is 1. The zero-order chi connectivity index (χ0) is 10.3. The van der Waals surface area contributed by atoms with E-state index in [-0.39, 0.29) is 0 Å². The van der Waals surface area contributed by atoms with Crippen molar-refractivity contribution >= 4 is 0 Å². The molecule has 0 saturated heterocycles. The Hall–Kier alpha value is -1.68. The van der Waals surface area contributed by atoms with Crippen molar-refractivity contribution in [2.75, 3.05) is 6.54 Å². The molecule has 0 aliphatic carbocycles. The van der Waals surface area contributed by atoms with Crippen molar-refractivity contribution < 1.29 is 0 Å². The maximum Gasteiger partial charge on any atom is 0.138 e. The van der Waals surface area contributed by atoms with Crippen LogP contribution in [0.1, 0.15) is 11.4 Å². The van der Waals surface area contributed by atoms with E-state index in [0.29, 0.717) is 0 Å². The smallest absolute Gasteiger partial charge is 0.138 e. The maximum atomic E-state index is 4.03. The summed E-state index contributed by atoms with van der Waals surface area (Å²) in [5.74, 6) is 0.878. The van der Waals surface area contributed by atoms with Crippen LogP contribution in [0.15, 0.2) is 36.7 Å². The van der Waals surface area contributed by atoms with Gasteiger partial charge in [-0.2, -0.15) is 5.10 Å². The van der Waals surface area contributed by atoms with Crippen molar-refractivity contribution in [2.45, 2.75) is 13.0 Å². The van der Waals surface area contributed by atoms with Gasteiger partial charge in [-0.1, -0.05) is 30.3 Å². The maximum absolute atomic E-state index is 4.03. The van der Waals surface area contributed by atoms with Gasteiger partial charge in [-0.15, -0.1) is 0 Å². The molecule has 2 aromatic rings. The molecule has 78 valence electrons. The Morgan fingerprint density at radius 1 is 1.20 bits per heavy atom. The molecule has 0 fully saturated rings. The predicted octanol–water partition coefficient (Wildman–Crippen LogP) is 1.14. The second-order valence-corrected chi connectivity index (χ2v) is 3.34. The number of benzene rings is 1. The highest BCUT2D eigenvalue weighted by Crippen LogP contribution is 1.98. The molecule has 2 N–H and O–H groups in total. The van der Waals surface area contributed by atoms with Crippen LogP contribution in [0.3, 0.4) is 0 Å². The molecule has 0 saturated carbocycles. The van der Waals surface area contributed by atoms with E-state index in [0.717, 1.165) is 25.3 Å². The van der Waals surface area contributed by atoms with Crippen molar-refractivity contribution in [1.29, 1.82) is 0 Å². The Kier molecular flexibility index (Phi) is 3.46. The molecule has 1 aromatic heterocycles. The number of H-pyrrole nitrogens is 1. The zero-order valence-electron chi connectivity index (χ0n) is 8.48. The Labute approximate surface area is 88.8 Å². The van der Waals surface area contributed by atoms with E-state index in [2.05, 4.69) is 44.8 Å². The average molecular weight is 202 g/mol. The van der Waals surface area contributed by atoms with Gasteiger partial charge in [0.05, 0.1) is 6.54 Å². The predicted molar refractivity (Wildman–Crippen MR) is 58.2 cm³/mol. The van der Waals surface area contributed by atoms with Gasteiger partial charge in [0.2, 0.25) is 0 Å². The molecular formula is C11H14N4. The van der Waals surface area contributed by atoms with Crippen molar-refractivity contribution in [2.24, 2.45) is 0 Å². The van der Waals surface area contributed by atoms with Crippen LogP contribution in [-0.2, 0) is 13.0 Å². The fraction of sp³-hybridized carbons (Fsp3) is 0.273. The SMILES string of the molecule is c1ccc(CCNCc2ncn[nH]2)cc1. The van der Waals surface area contributed by atoms with Crippen LogP contribution in [0.25, 0.3) is 0 Å². The lowest BCUT2D eigenvalue weighted by atomic mass is 10.1. The number of nitrogens with zero attached hydrogens (tertiary/aromatic N) is 2. The van der Waals surface area contributed by atoms with Gasteiger partial charge in [0.25, 0.3) is 0 Å². The quantitative estimate of drug-likeness (QED) is 0.715. The van der Waals surface area contributed by atoms with E-state index in [9.17, 15) is 0 Å². The largest absolute Gasteiger partial charge is 0.310 e. The van der Waals surface area contributed by atoms with E-state index < -0.39 is 0 Å². The summed E-state index contributed by atoms with van der Waals surface area (Å²) in [6, 6.07) is 10.4. The van der Waals surface area contributed by atoms with Crippen LogP contribution in [0.4, 0.5) is 0 Å². The first-order valence-electron chi connectivity index (χ1n) is 5.04. The summed E-state index contributed by atoms with van der Waals surface area (Å²) in [5, 5.41) is 9.90. The Morgan fingerprint density at radius 2 is 2.07 bits per heavy atom. The highest BCUT2D eigenvalue weighted by molar-refractivity contribution is 5.14. The molecule has 0 unspecified atom stereocenters. The highest BCUT2D eigenvalue weighted by atomic mass is 15.2. The van der Waals surface area contributed by atoms with Gasteiger partial charge in [-0.05, 0) is 18.5 Å². The van der Waals surface area contributed by atoms with Crippen LogP contribution in [0.5, 0.6) is 0 Å². The first-order valence-corrected chi connectivity index (χ1v) is 5.04. The minimum absolute atomic E-state index is 0.743. The van der Waals surface area contributed by atoms with Crippen molar-refractivity contribution in [1.82, 2.24) is 20.5 Å². The lowest BCUT2D eigenvalue weighted by Gasteiger charge is -2.02. The fourth-order valence-corrected chi connectivity index (χ4v) is 1.40. The van der Waals surface area contributed by atoms with Gasteiger partial charge in [-0.3, -0.25) is 5.10 Å². The van der Waals surface area contributed by atoms with Gasteiger partial charge in [0.1, 0.15) is 12.2 Å². The first kappa shape index (κ1) is 9.86. The summed E-state index contributed by atoms with van der Waals surface area (Å²) in [6.07, 6.45) is 2.56. The second kappa shape index (κ2) is 5.26. The normalized spacial score (nSPS) is 10.4. The van der Waals surface area contributed by atoms with E-state index >= 15 is 0 Å². The van der Waals surface area contributed by atoms with Crippen LogP contribution >= 0.6 is 0 Å². The number of hydrogen-bond donors (Lipinski definition) is 2. The molecule has 2 rings (SSSR count). The third-order valence-corrected chi connectivity index (χ3v) is 2.19. The Balaban J connectivity index is 1.68. The van der Waals surface area contributed by atoms with Crippen LogP contribution in [0, 0.1) is 0 Å². The Morgan fingerprint density at radius 3 is 2.80 bits per heavy atom. The molecule has 0 radical (unpaired) electrons. The van der Waals surface area contributed by atoms with Crippen molar-refractivity contribution in [3.05, 3.63) is 48.0 Å². The monoisotopic (exact) mass is 202 g/mol. The van der Waals surface area contributed by atoms with E-state index in [4.69, 9.17) is 0 Å². The lowest BCUT2D eigenvalue weighted by Crippen LogP contribution is -2.17. The zero-order valence-corrected chi connectivity index (χ0v) is 8.48. The second-order valence-electron chi connectivity index (χ2n) is 3.34. The average Bonchev–Trinajstić information content (AvgIpc) is 2.79. The Bertz CT molecular complexity index is 369. The summed E-state index contributed by atoms with van der Waals surface area (Å²) in [6.45, 7) is 1.69. The molecule has 4 nitrogen and oxygen atoms in total. The number of rotatable bonds is 5. The molecule has 4 heteroatoms. The van der Waals surface area contributed by atoms with Gasteiger partial charge >= 0.3 is 0 Å². The summed E-state index contributed by atoms with van der Waals surface area (Å²) in [4.78, 5) is 4.03. The van der Waals surface area contributed by atoms with Crippen LogP contribution in [-0.4, -0.2) is 21.7 Å². The number of aromatic nitrogens is 3. The molecule has 0 bridgehead atoms. The third-order valence-electron chi connectivity index (χ3n) is 2.19. The first-order chi connectivity index (χ1) is 7.45. The van der Waals surface area contributed by atoms with Crippen molar-refractivity contribution in [3.8, 4) is 0 Å². The van der Waals surface area contributed by atoms with E-state index in [1.807, 2.05) is 6.07 Å². The number of nitrogens with one attached hydrogen (secondary N) is 2. The molecule has 1 heterocycles. The topological polar surface area (TPSA) is 53.6 Å². The molecule has 0 amide bonds. The third kappa shape index (κ3) is 3.18. The minimum atomic E-state index is 0.743. The minimum Gasteiger partial charge on any atom is -0.310 e. The summed E-state index contributed by atoms with van der Waals surface area (Å²) in [7, 11) is 0. The molecule has 0 aliphatic rings. The van der Waals surface area contributed by atoms with Gasteiger partial charge in [-0.25, -0.2) is 4.98 Å². The standard InChI is InChI=1S/C11H14N4/c1-2-4-10(5-3-1)6-7-12-8-11-13-9-14-15-11/h1-5,9,12H,6-8H2,(H,13,14,15). The molecule has 1 aromatic carbocycles. The highest BCUT2D eigenvalue weighted by Gasteiger charge is 1.94. The van der Waals surface area contributed by atoms with Gasteiger partial charge < -0.3 is 5.32 Å². The fourth-order valence-electron chi connectivity index (χ4n) is 1.40. The molecular weight excluding hydrogens is 188 g/mol. The molecule has 15 heavy (non-hydrogen) atoms. The summed E-state index contributed by atoms with van der Waals surface area (Å²) < 4.78 is 0. The molecule has 0 aliphatic heterocycles. The van der Waals surface area contributed by atoms with Gasteiger partial charge in [0, 0.05) is 0 Å². The summed E-state index contributed by atoms with van der Waals surface area (Å²) in [5.41, 5.74) is 1.35. The molecule has 0 atom stereocenters. The summed E-state index contributed by atoms with van der Waals surface area (Å²) >= 11 is 0. The lowest BCUT2D eigenvalue weighted by molar-refractivity contribution is 0.661. The van der Waals surface area contributed by atoms with Crippen LogP contribution < -0.4 is 5.32 Å². The molecule has 0 spiro atoms. The number of hydrogen-bond acceptors (Lipinski definition) is 3. The van der Waals surface area contributed by atoms with Crippen molar-refractivity contribution in [3.63, 3.8) is 0 Å². The van der Waals surface area contributed by atoms with Gasteiger partial charge in [0.15, 0.2) is 0 Å². The van der Waals surface area contributed by atoms with Crippen LogP contribution in [0.2, 0.25) is 0 Å². The van der Waals surface area contributed by atoms with E-state index in [1.54, 1.807) is 0 Å².